The molecular weight excluding hydrogens is 559 g/mol. The fourth-order valence-corrected chi connectivity index (χ4v) is 6.57. The first-order valence-corrected chi connectivity index (χ1v) is 14.5. The Labute approximate surface area is 238 Å². The quantitative estimate of drug-likeness (QED) is 0.419. The minimum atomic E-state index is -3.96. The van der Waals surface area contributed by atoms with Crippen LogP contribution in [-0.4, -0.2) is 49.0 Å². The van der Waals surface area contributed by atoms with Crippen molar-refractivity contribution in [3.8, 4) is 17.6 Å². The summed E-state index contributed by atoms with van der Waals surface area (Å²) in [7, 11) is -2.58. The van der Waals surface area contributed by atoms with E-state index in [4.69, 9.17) is 4.74 Å². The van der Waals surface area contributed by atoms with Crippen molar-refractivity contribution in [2.45, 2.75) is 45.1 Å². The van der Waals surface area contributed by atoms with Gasteiger partial charge in [0.15, 0.2) is 11.6 Å². The van der Waals surface area contributed by atoms with Crippen molar-refractivity contribution in [1.29, 1.82) is 5.26 Å². The molecular formula is C27H32ClFN6O4S. The maximum Gasteiger partial charge on any atom is 0.301 e. The van der Waals surface area contributed by atoms with Crippen LogP contribution in [0, 0.1) is 22.6 Å². The number of rotatable bonds is 7. The summed E-state index contributed by atoms with van der Waals surface area (Å²) in [6, 6.07) is 8.70. The zero-order valence-corrected chi connectivity index (χ0v) is 23.9. The van der Waals surface area contributed by atoms with Gasteiger partial charge in [0.1, 0.15) is 17.4 Å². The molecule has 1 aromatic heterocycles. The van der Waals surface area contributed by atoms with Crippen molar-refractivity contribution in [3.05, 3.63) is 58.4 Å². The average molecular weight is 591 g/mol. The Balaban J connectivity index is 0.00000370. The molecule has 0 unspecified atom stereocenters. The number of halogens is 2. The molecule has 2 aliphatic rings. The van der Waals surface area contributed by atoms with Crippen molar-refractivity contribution in [2.24, 2.45) is 5.41 Å². The smallest absolute Gasteiger partial charge is 0.301 e. The summed E-state index contributed by atoms with van der Waals surface area (Å²) in [5.41, 5.74) is 0.103. The van der Waals surface area contributed by atoms with Crippen molar-refractivity contribution in [3.63, 3.8) is 0 Å². The van der Waals surface area contributed by atoms with Gasteiger partial charge in [0.25, 0.3) is 5.56 Å². The summed E-state index contributed by atoms with van der Waals surface area (Å²) in [6.45, 7) is 3.85. The first-order chi connectivity index (χ1) is 18.7. The molecule has 2 N–H and O–H groups in total. The van der Waals surface area contributed by atoms with Gasteiger partial charge in [-0.3, -0.25) is 14.1 Å². The molecule has 1 saturated heterocycles. The molecule has 40 heavy (non-hydrogen) atoms. The van der Waals surface area contributed by atoms with E-state index in [0.717, 1.165) is 55.6 Å². The number of nitriles is 1. The van der Waals surface area contributed by atoms with Gasteiger partial charge in [-0.15, -0.1) is 12.4 Å². The van der Waals surface area contributed by atoms with Crippen LogP contribution in [0.3, 0.4) is 0 Å². The van der Waals surface area contributed by atoms with E-state index in [1.165, 1.54) is 25.2 Å². The lowest BCUT2D eigenvalue weighted by molar-refractivity contribution is 0.201. The van der Waals surface area contributed by atoms with Gasteiger partial charge in [-0.1, -0.05) is 6.92 Å². The molecule has 13 heteroatoms. The third-order valence-corrected chi connectivity index (χ3v) is 9.58. The molecule has 5 rings (SSSR count). The van der Waals surface area contributed by atoms with Gasteiger partial charge in [0, 0.05) is 19.6 Å². The standard InChI is InChI=1S/C27H31FN6O4S.ClH/c1-3-33(2)39(36,37)32-24-7-5-22(28)25(21(24)16-29)38-19-4-6-23-20(14-19)26(35)34(17-31-23)18-8-9-27(15-18)10-12-30-13-11-27;/h4-7,14,17-18,30,32H,3,8-13,15H2,1-2H3;1H/t18-;/m0./s1. The summed E-state index contributed by atoms with van der Waals surface area (Å²) in [6.07, 6.45) is 6.74. The first-order valence-electron chi connectivity index (χ1n) is 13.0. The number of nitrogens with zero attached hydrogens (tertiary/aromatic N) is 4. The predicted octanol–water partition coefficient (Wildman–Crippen LogP) is 4.32. The van der Waals surface area contributed by atoms with E-state index in [0.29, 0.717) is 10.9 Å². The van der Waals surface area contributed by atoms with Crippen LogP contribution >= 0.6 is 12.4 Å². The fraction of sp³-hybridized carbons (Fsp3) is 0.444. The fourth-order valence-electron chi connectivity index (χ4n) is 5.62. The summed E-state index contributed by atoms with van der Waals surface area (Å²) in [4.78, 5) is 18.0. The van der Waals surface area contributed by atoms with Gasteiger partial charge in [0.2, 0.25) is 0 Å². The van der Waals surface area contributed by atoms with Crippen LogP contribution in [-0.2, 0) is 10.2 Å². The Morgan fingerprint density at radius 2 is 2.02 bits per heavy atom. The van der Waals surface area contributed by atoms with Gasteiger partial charge in [-0.05, 0) is 80.9 Å². The molecule has 1 spiro atoms. The zero-order valence-electron chi connectivity index (χ0n) is 22.3. The molecule has 214 valence electrons. The highest BCUT2D eigenvalue weighted by Crippen LogP contribution is 2.49. The number of piperidine rings is 1. The molecule has 1 aliphatic carbocycles. The number of nitrogens with one attached hydrogen (secondary N) is 2. The molecule has 1 saturated carbocycles. The molecule has 2 heterocycles. The number of fused-ring (bicyclic) bond motifs is 1. The van der Waals surface area contributed by atoms with E-state index in [-0.39, 0.29) is 53.0 Å². The number of ether oxygens (including phenoxy) is 1. The van der Waals surface area contributed by atoms with Crippen LogP contribution in [0.2, 0.25) is 0 Å². The highest BCUT2D eigenvalue weighted by Gasteiger charge is 2.40. The van der Waals surface area contributed by atoms with E-state index in [2.05, 4.69) is 15.0 Å². The largest absolute Gasteiger partial charge is 0.453 e. The SMILES string of the molecule is CCN(C)S(=O)(=O)Nc1ccc(F)c(Oc2ccc3ncn([C@H]4CCC5(CCNCC5)C4)c(=O)c3c2)c1C#N.Cl. The van der Waals surface area contributed by atoms with Gasteiger partial charge in [0.05, 0.1) is 22.9 Å². The Hall–Kier alpha value is -3.24. The number of hydrogen-bond donors (Lipinski definition) is 2. The van der Waals surface area contributed by atoms with Crippen LogP contribution in [0.4, 0.5) is 10.1 Å². The van der Waals surface area contributed by atoms with Crippen molar-refractivity contribution < 1.29 is 17.5 Å². The lowest BCUT2D eigenvalue weighted by Crippen LogP contribution is -2.35. The zero-order chi connectivity index (χ0) is 27.8. The third kappa shape index (κ3) is 5.65. The van der Waals surface area contributed by atoms with Crippen LogP contribution in [0.5, 0.6) is 11.5 Å². The molecule has 2 fully saturated rings. The molecule has 0 radical (unpaired) electrons. The Bertz CT molecular complexity index is 1620. The van der Waals surface area contributed by atoms with Gasteiger partial charge >= 0.3 is 10.2 Å². The molecule has 0 amide bonds. The van der Waals surface area contributed by atoms with Crippen LogP contribution in [0.15, 0.2) is 41.5 Å². The topological polar surface area (TPSA) is 129 Å². The van der Waals surface area contributed by atoms with E-state index in [1.807, 2.05) is 6.07 Å². The summed E-state index contributed by atoms with van der Waals surface area (Å²) < 4.78 is 50.7. The van der Waals surface area contributed by atoms with Crippen LogP contribution in [0.25, 0.3) is 10.9 Å². The van der Waals surface area contributed by atoms with Crippen molar-refractivity contribution in [2.75, 3.05) is 31.4 Å². The van der Waals surface area contributed by atoms with E-state index < -0.39 is 21.8 Å². The van der Waals surface area contributed by atoms with E-state index >= 15 is 0 Å². The van der Waals surface area contributed by atoms with Crippen LogP contribution in [0.1, 0.15) is 50.6 Å². The summed E-state index contributed by atoms with van der Waals surface area (Å²) >= 11 is 0. The second kappa shape index (κ2) is 11.7. The normalized spacial score (nSPS) is 18.4. The second-order valence-corrected chi connectivity index (χ2v) is 12.1. The van der Waals surface area contributed by atoms with E-state index in [9.17, 15) is 22.9 Å². The average Bonchev–Trinajstić information content (AvgIpc) is 3.33. The highest BCUT2D eigenvalue weighted by atomic mass is 35.5. The minimum Gasteiger partial charge on any atom is -0.453 e. The van der Waals surface area contributed by atoms with Crippen molar-refractivity contribution in [1.82, 2.24) is 19.2 Å². The monoisotopic (exact) mass is 590 g/mol. The first kappa shape index (κ1) is 29.7. The Kier molecular flexibility index (Phi) is 8.70. The molecule has 3 aromatic rings. The molecule has 0 bridgehead atoms. The molecule has 2 aromatic carbocycles. The molecule has 1 aliphatic heterocycles. The maximum atomic E-state index is 14.8. The molecule has 10 nitrogen and oxygen atoms in total. The number of hydrogen-bond acceptors (Lipinski definition) is 7. The number of aromatic nitrogens is 2. The number of benzene rings is 2. The highest BCUT2D eigenvalue weighted by molar-refractivity contribution is 7.90. The minimum absolute atomic E-state index is 0. The van der Waals surface area contributed by atoms with E-state index in [1.54, 1.807) is 23.9 Å². The maximum absolute atomic E-state index is 14.8. The predicted molar refractivity (Wildman–Crippen MR) is 153 cm³/mol. The Morgan fingerprint density at radius 1 is 1.27 bits per heavy atom. The van der Waals surface area contributed by atoms with Crippen LogP contribution < -0.4 is 20.3 Å². The number of anilines is 1. The summed E-state index contributed by atoms with van der Waals surface area (Å²) in [5.74, 6) is -1.16. The lowest BCUT2D eigenvalue weighted by atomic mass is 9.77. The van der Waals surface area contributed by atoms with Gasteiger partial charge in [-0.2, -0.15) is 18.0 Å². The lowest BCUT2D eigenvalue weighted by Gasteiger charge is -2.34. The third-order valence-electron chi connectivity index (χ3n) is 8.02. The Morgan fingerprint density at radius 3 is 2.73 bits per heavy atom. The second-order valence-electron chi connectivity index (χ2n) is 10.3. The van der Waals surface area contributed by atoms with Gasteiger partial charge in [-0.25, -0.2) is 9.37 Å². The van der Waals surface area contributed by atoms with Crippen molar-refractivity contribution >= 4 is 39.2 Å². The van der Waals surface area contributed by atoms with Gasteiger partial charge < -0.3 is 10.1 Å². The molecule has 1 atom stereocenters. The summed E-state index contributed by atoms with van der Waals surface area (Å²) in [5, 5.41) is 13.5.